The first-order valence-electron chi connectivity index (χ1n) is 10.1. The molecular formula is C23H28N2O2. The van der Waals surface area contributed by atoms with Gasteiger partial charge in [-0.25, -0.2) is 0 Å². The number of likely N-dealkylation sites (tertiary alicyclic amines) is 1. The van der Waals surface area contributed by atoms with E-state index < -0.39 is 0 Å². The Hall–Kier alpha value is -2.04. The SMILES string of the molecule is COc1cccc([C@@H]2CN(Cc3ccc(O)cc3)[C@H]3C4CCN(CC4)[C@@H]23)c1. The third kappa shape index (κ3) is 3.01. The Balaban J connectivity index is 1.46. The van der Waals surface area contributed by atoms with Crippen molar-refractivity contribution in [1.82, 2.24) is 9.80 Å². The van der Waals surface area contributed by atoms with E-state index in [1.165, 1.54) is 37.1 Å². The van der Waals surface area contributed by atoms with E-state index in [0.717, 1.165) is 24.8 Å². The number of benzene rings is 2. The average Bonchev–Trinajstić information content (AvgIpc) is 3.12. The van der Waals surface area contributed by atoms with Gasteiger partial charge in [-0.3, -0.25) is 9.80 Å². The van der Waals surface area contributed by atoms with Crippen LogP contribution in [0.3, 0.4) is 0 Å². The van der Waals surface area contributed by atoms with Crippen LogP contribution in [0.25, 0.3) is 0 Å². The number of hydrogen-bond donors (Lipinski definition) is 1. The van der Waals surface area contributed by atoms with E-state index in [2.05, 4.69) is 40.1 Å². The number of hydrogen-bond acceptors (Lipinski definition) is 4. The summed E-state index contributed by atoms with van der Waals surface area (Å²) in [5.74, 6) is 2.64. The van der Waals surface area contributed by atoms with Gasteiger partial charge in [0, 0.05) is 31.1 Å². The van der Waals surface area contributed by atoms with Crippen LogP contribution >= 0.6 is 0 Å². The third-order valence-corrected chi connectivity index (χ3v) is 6.94. The first-order chi connectivity index (χ1) is 13.2. The van der Waals surface area contributed by atoms with Crippen LogP contribution in [-0.2, 0) is 6.54 Å². The van der Waals surface area contributed by atoms with Crippen LogP contribution in [0, 0.1) is 5.92 Å². The second-order valence-electron chi connectivity index (χ2n) is 8.33. The van der Waals surface area contributed by atoms with Crippen LogP contribution in [0.15, 0.2) is 48.5 Å². The Kier molecular flexibility index (Phi) is 4.33. The fourth-order valence-electron chi connectivity index (χ4n) is 5.72. The Morgan fingerprint density at radius 3 is 2.56 bits per heavy atom. The second-order valence-corrected chi connectivity index (χ2v) is 8.33. The predicted molar refractivity (Wildman–Crippen MR) is 106 cm³/mol. The summed E-state index contributed by atoms with van der Waals surface area (Å²) in [7, 11) is 1.75. The molecule has 4 saturated heterocycles. The summed E-state index contributed by atoms with van der Waals surface area (Å²) in [4.78, 5) is 5.45. The monoisotopic (exact) mass is 364 g/mol. The summed E-state index contributed by atoms with van der Waals surface area (Å²) < 4.78 is 5.50. The van der Waals surface area contributed by atoms with Crippen molar-refractivity contribution >= 4 is 0 Å². The molecule has 0 radical (unpaired) electrons. The molecule has 4 aliphatic rings. The maximum Gasteiger partial charge on any atom is 0.119 e. The summed E-state index contributed by atoms with van der Waals surface area (Å²) in [6, 6.07) is 17.7. The molecule has 4 heteroatoms. The van der Waals surface area contributed by atoms with E-state index in [9.17, 15) is 5.11 Å². The minimum Gasteiger partial charge on any atom is -0.508 e. The standard InChI is InChI=1S/C23H28N2O2/c1-27-20-4-2-3-18(13-20)21-15-25(14-16-5-7-19(26)8-6-16)22-17-9-11-24(12-10-17)23(21)22/h2-8,13,17,21-23,26H,9-12,14-15H2,1H3/t21-,22-,23-/m0/s1. The van der Waals surface area contributed by atoms with E-state index in [4.69, 9.17) is 4.74 Å². The quantitative estimate of drug-likeness (QED) is 0.901. The van der Waals surface area contributed by atoms with Gasteiger partial charge >= 0.3 is 0 Å². The fourth-order valence-corrected chi connectivity index (χ4v) is 5.72. The molecular weight excluding hydrogens is 336 g/mol. The number of nitrogens with zero attached hydrogens (tertiary/aromatic N) is 2. The maximum absolute atomic E-state index is 9.60. The summed E-state index contributed by atoms with van der Waals surface area (Å²) >= 11 is 0. The lowest BCUT2D eigenvalue weighted by Crippen LogP contribution is -2.59. The van der Waals surface area contributed by atoms with E-state index in [0.29, 0.717) is 23.8 Å². The van der Waals surface area contributed by atoms with Crippen molar-refractivity contribution in [2.75, 3.05) is 26.7 Å². The van der Waals surface area contributed by atoms with Crippen molar-refractivity contribution in [2.24, 2.45) is 5.92 Å². The van der Waals surface area contributed by atoms with Crippen LogP contribution in [0.4, 0.5) is 0 Å². The highest BCUT2D eigenvalue weighted by molar-refractivity contribution is 5.34. The topological polar surface area (TPSA) is 35.9 Å². The lowest BCUT2D eigenvalue weighted by molar-refractivity contribution is -0.00870. The molecule has 2 aromatic carbocycles. The molecule has 1 N–H and O–H groups in total. The highest BCUT2D eigenvalue weighted by atomic mass is 16.5. The number of ether oxygens (including phenoxy) is 1. The van der Waals surface area contributed by atoms with E-state index >= 15 is 0 Å². The largest absolute Gasteiger partial charge is 0.508 e. The zero-order valence-corrected chi connectivity index (χ0v) is 15.9. The Bertz CT molecular complexity index is 798. The molecule has 4 aliphatic heterocycles. The number of methoxy groups -OCH3 is 1. The van der Waals surface area contributed by atoms with E-state index in [1.54, 1.807) is 19.2 Å². The number of phenols is 1. The molecule has 4 fully saturated rings. The van der Waals surface area contributed by atoms with Crippen LogP contribution in [-0.4, -0.2) is 53.7 Å². The molecule has 0 unspecified atom stereocenters. The number of fused-ring (bicyclic) bond motifs is 2. The fraction of sp³-hybridized carbons (Fsp3) is 0.478. The Morgan fingerprint density at radius 1 is 1.04 bits per heavy atom. The number of piperidine rings is 3. The maximum atomic E-state index is 9.60. The van der Waals surface area contributed by atoms with Gasteiger partial charge in [-0.2, -0.15) is 0 Å². The zero-order valence-electron chi connectivity index (χ0n) is 15.9. The van der Waals surface area contributed by atoms with Gasteiger partial charge in [0.25, 0.3) is 0 Å². The van der Waals surface area contributed by atoms with Gasteiger partial charge in [0.05, 0.1) is 7.11 Å². The van der Waals surface area contributed by atoms with E-state index in [1.807, 2.05) is 6.07 Å². The van der Waals surface area contributed by atoms with Gasteiger partial charge in [-0.05, 0) is 67.2 Å². The van der Waals surface area contributed by atoms with Gasteiger partial charge in [-0.15, -0.1) is 0 Å². The minimum absolute atomic E-state index is 0.343. The smallest absolute Gasteiger partial charge is 0.119 e. The van der Waals surface area contributed by atoms with Crippen LogP contribution in [0.2, 0.25) is 0 Å². The summed E-state index contributed by atoms with van der Waals surface area (Å²) in [5.41, 5.74) is 2.69. The van der Waals surface area contributed by atoms with Gasteiger partial charge < -0.3 is 9.84 Å². The highest BCUT2D eigenvalue weighted by Gasteiger charge is 2.53. The molecule has 0 saturated carbocycles. The van der Waals surface area contributed by atoms with Crippen LogP contribution in [0.1, 0.15) is 29.9 Å². The van der Waals surface area contributed by atoms with Crippen molar-refractivity contribution < 1.29 is 9.84 Å². The summed E-state index contributed by atoms with van der Waals surface area (Å²) in [6.45, 7) is 4.56. The molecule has 0 amide bonds. The molecule has 4 nitrogen and oxygen atoms in total. The second kappa shape index (κ2) is 6.84. The predicted octanol–water partition coefficient (Wildman–Crippen LogP) is 3.46. The summed E-state index contributed by atoms with van der Waals surface area (Å²) in [6.07, 6.45) is 2.66. The third-order valence-electron chi connectivity index (χ3n) is 6.94. The van der Waals surface area contributed by atoms with E-state index in [-0.39, 0.29) is 0 Å². The van der Waals surface area contributed by atoms with Crippen molar-refractivity contribution in [2.45, 2.75) is 37.4 Å². The number of aromatic hydroxyl groups is 1. The molecule has 0 aromatic heterocycles. The first-order valence-corrected chi connectivity index (χ1v) is 10.1. The Labute approximate surface area is 161 Å². The summed E-state index contributed by atoms with van der Waals surface area (Å²) in [5, 5.41) is 9.60. The highest BCUT2D eigenvalue weighted by Crippen LogP contribution is 2.47. The van der Waals surface area contributed by atoms with Gasteiger partial charge in [0.15, 0.2) is 0 Å². The van der Waals surface area contributed by atoms with Gasteiger partial charge in [-0.1, -0.05) is 24.3 Å². The number of rotatable bonds is 4. The van der Waals surface area contributed by atoms with Gasteiger partial charge in [0.2, 0.25) is 0 Å². The average molecular weight is 364 g/mol. The van der Waals surface area contributed by atoms with Gasteiger partial charge in [0.1, 0.15) is 11.5 Å². The van der Waals surface area contributed by atoms with Crippen molar-refractivity contribution in [3.05, 3.63) is 59.7 Å². The molecule has 142 valence electrons. The van der Waals surface area contributed by atoms with Crippen molar-refractivity contribution in [3.8, 4) is 11.5 Å². The Morgan fingerprint density at radius 2 is 1.81 bits per heavy atom. The lowest BCUT2D eigenvalue weighted by Gasteiger charge is -2.51. The molecule has 3 atom stereocenters. The minimum atomic E-state index is 0.343. The van der Waals surface area contributed by atoms with Crippen molar-refractivity contribution in [1.29, 1.82) is 0 Å². The molecule has 2 aromatic rings. The molecule has 27 heavy (non-hydrogen) atoms. The molecule has 4 heterocycles. The molecule has 0 spiro atoms. The molecule has 6 rings (SSSR count). The number of phenolic OH excluding ortho intramolecular Hbond substituents is 1. The zero-order chi connectivity index (χ0) is 18.4. The normalized spacial score (nSPS) is 32.4. The van der Waals surface area contributed by atoms with Crippen molar-refractivity contribution in [3.63, 3.8) is 0 Å². The van der Waals surface area contributed by atoms with Crippen LogP contribution < -0.4 is 4.74 Å². The molecule has 2 bridgehead atoms. The first kappa shape index (κ1) is 17.1. The molecule has 0 aliphatic carbocycles. The lowest BCUT2D eigenvalue weighted by atomic mass is 9.75. The van der Waals surface area contributed by atoms with Crippen LogP contribution in [0.5, 0.6) is 11.5 Å².